The Labute approximate surface area is 214 Å². The van der Waals surface area contributed by atoms with E-state index in [-0.39, 0.29) is 17.1 Å². The molecule has 6 rings (SSSR count). The number of rotatable bonds is 5. The van der Waals surface area contributed by atoms with E-state index < -0.39 is 6.04 Å². The minimum absolute atomic E-state index is 0.0865. The quantitative estimate of drug-likeness (QED) is 0.276. The van der Waals surface area contributed by atoms with Crippen LogP contribution < -0.4 is 15.1 Å². The summed E-state index contributed by atoms with van der Waals surface area (Å²) >= 11 is 0. The lowest BCUT2D eigenvalue weighted by molar-refractivity contribution is 0.0971. The molecule has 0 saturated heterocycles. The van der Waals surface area contributed by atoms with E-state index in [1.165, 1.54) is 0 Å². The average molecular weight is 488 g/mol. The summed E-state index contributed by atoms with van der Waals surface area (Å²) in [5.41, 5.74) is 5.07. The van der Waals surface area contributed by atoms with Crippen molar-refractivity contribution in [2.75, 3.05) is 4.90 Å². The van der Waals surface area contributed by atoms with Crippen LogP contribution in [-0.4, -0.2) is 5.91 Å². The fourth-order valence-corrected chi connectivity index (χ4v) is 4.96. The van der Waals surface area contributed by atoms with Gasteiger partial charge in [-0.3, -0.25) is 14.5 Å². The Balaban J connectivity index is 1.50. The van der Waals surface area contributed by atoms with E-state index >= 15 is 0 Å². The standard InChI is InChI=1S/C32H25NO4/c1-20-8-6-12-24(16-20)33-29(23-11-7-13-25(18-23)36-19-22-9-4-3-5-10-22)28-30(34)26-17-21(2)14-15-27(26)37-31(28)32(33)35/h3-18,29H,19H2,1-2H3. The van der Waals surface area contributed by atoms with Gasteiger partial charge in [0.2, 0.25) is 5.76 Å². The zero-order valence-corrected chi connectivity index (χ0v) is 20.6. The minimum Gasteiger partial charge on any atom is -0.489 e. The molecule has 1 aliphatic rings. The van der Waals surface area contributed by atoms with Crippen molar-refractivity contribution in [3.8, 4) is 5.75 Å². The number of hydrogen-bond donors (Lipinski definition) is 0. The SMILES string of the molecule is Cc1cccc(N2C(=O)c3oc4ccc(C)cc4c(=O)c3C2c2cccc(OCc3ccccc3)c2)c1. The molecule has 5 nitrogen and oxygen atoms in total. The summed E-state index contributed by atoms with van der Waals surface area (Å²) in [7, 11) is 0. The first kappa shape index (κ1) is 22.8. The Morgan fingerprint density at radius 3 is 2.41 bits per heavy atom. The highest BCUT2D eigenvalue weighted by Crippen LogP contribution is 2.42. The molecule has 2 heterocycles. The van der Waals surface area contributed by atoms with Crippen LogP contribution in [0.5, 0.6) is 5.75 Å². The van der Waals surface area contributed by atoms with Crippen molar-refractivity contribution in [3.05, 3.63) is 141 Å². The van der Waals surface area contributed by atoms with Crippen molar-refractivity contribution in [2.24, 2.45) is 0 Å². The molecule has 0 fully saturated rings. The van der Waals surface area contributed by atoms with Gasteiger partial charge in [-0.25, -0.2) is 0 Å². The Morgan fingerprint density at radius 2 is 1.59 bits per heavy atom. The number of nitrogens with zero attached hydrogens (tertiary/aromatic N) is 1. The first-order chi connectivity index (χ1) is 18.0. The Hall–Kier alpha value is -4.64. The van der Waals surface area contributed by atoms with Crippen LogP contribution in [0.3, 0.4) is 0 Å². The maximum absolute atomic E-state index is 13.9. The fourth-order valence-electron chi connectivity index (χ4n) is 4.96. The third-order valence-corrected chi connectivity index (χ3v) is 6.73. The number of fused-ring (bicyclic) bond motifs is 2. The molecule has 0 bridgehead atoms. The fraction of sp³-hybridized carbons (Fsp3) is 0.125. The monoisotopic (exact) mass is 487 g/mol. The molecule has 0 spiro atoms. The molecule has 0 saturated carbocycles. The Morgan fingerprint density at radius 1 is 0.811 bits per heavy atom. The molecule has 0 aliphatic carbocycles. The molecule has 0 N–H and O–H groups in total. The molecule has 5 heteroatoms. The van der Waals surface area contributed by atoms with E-state index in [2.05, 4.69) is 0 Å². The van der Waals surface area contributed by atoms with E-state index in [0.29, 0.717) is 34.6 Å². The molecule has 1 aliphatic heterocycles. The van der Waals surface area contributed by atoms with Gasteiger partial charge in [0, 0.05) is 5.69 Å². The highest BCUT2D eigenvalue weighted by atomic mass is 16.5. The molecule has 182 valence electrons. The predicted octanol–water partition coefficient (Wildman–Crippen LogP) is 6.74. The molecule has 5 aromatic rings. The van der Waals surface area contributed by atoms with Gasteiger partial charge in [0.25, 0.3) is 5.91 Å². The van der Waals surface area contributed by atoms with Crippen LogP contribution >= 0.6 is 0 Å². The average Bonchev–Trinajstić information content (AvgIpc) is 3.21. The topological polar surface area (TPSA) is 59.8 Å². The first-order valence-corrected chi connectivity index (χ1v) is 12.2. The molecular weight excluding hydrogens is 462 g/mol. The second-order valence-corrected chi connectivity index (χ2v) is 9.44. The smallest absolute Gasteiger partial charge is 0.295 e. The van der Waals surface area contributed by atoms with E-state index in [1.807, 2.05) is 105 Å². The molecule has 37 heavy (non-hydrogen) atoms. The number of aryl methyl sites for hydroxylation is 2. The molecule has 0 radical (unpaired) electrons. The van der Waals surface area contributed by atoms with Crippen LogP contribution in [0.25, 0.3) is 11.0 Å². The molecule has 1 amide bonds. The number of benzene rings is 4. The molecular formula is C32H25NO4. The normalized spacial score (nSPS) is 14.7. The van der Waals surface area contributed by atoms with Crippen LogP contribution in [0.15, 0.2) is 106 Å². The zero-order valence-electron chi connectivity index (χ0n) is 20.6. The molecule has 1 atom stereocenters. The van der Waals surface area contributed by atoms with Gasteiger partial charge in [0.15, 0.2) is 5.43 Å². The van der Waals surface area contributed by atoms with Gasteiger partial charge in [-0.05, 0) is 66.9 Å². The third kappa shape index (κ3) is 4.08. The summed E-state index contributed by atoms with van der Waals surface area (Å²) in [5, 5.41) is 0.471. The van der Waals surface area contributed by atoms with E-state index in [0.717, 1.165) is 22.3 Å². The second-order valence-electron chi connectivity index (χ2n) is 9.44. The maximum Gasteiger partial charge on any atom is 0.295 e. The second kappa shape index (κ2) is 9.10. The first-order valence-electron chi connectivity index (χ1n) is 12.2. The highest BCUT2D eigenvalue weighted by Gasteiger charge is 2.43. The predicted molar refractivity (Wildman–Crippen MR) is 144 cm³/mol. The lowest BCUT2D eigenvalue weighted by atomic mass is 9.97. The summed E-state index contributed by atoms with van der Waals surface area (Å²) in [6, 6.07) is 30.0. The zero-order chi connectivity index (χ0) is 25.5. The number of anilines is 1. The molecule has 1 aromatic heterocycles. The number of carbonyl (C=O) groups excluding carboxylic acids is 1. The van der Waals surface area contributed by atoms with Gasteiger partial charge in [0.05, 0.1) is 17.0 Å². The van der Waals surface area contributed by atoms with Crippen molar-refractivity contribution in [3.63, 3.8) is 0 Å². The van der Waals surface area contributed by atoms with Gasteiger partial charge >= 0.3 is 0 Å². The highest BCUT2D eigenvalue weighted by molar-refractivity contribution is 6.10. The van der Waals surface area contributed by atoms with E-state index in [9.17, 15) is 9.59 Å². The van der Waals surface area contributed by atoms with Crippen molar-refractivity contribution in [2.45, 2.75) is 26.5 Å². The number of amides is 1. The summed E-state index contributed by atoms with van der Waals surface area (Å²) in [6.07, 6.45) is 0. The van der Waals surface area contributed by atoms with E-state index in [1.54, 1.807) is 11.0 Å². The van der Waals surface area contributed by atoms with Crippen LogP contribution in [0.1, 0.15) is 44.4 Å². The summed E-state index contributed by atoms with van der Waals surface area (Å²) < 4.78 is 12.2. The maximum atomic E-state index is 13.9. The number of carbonyl (C=O) groups is 1. The minimum atomic E-state index is -0.647. The van der Waals surface area contributed by atoms with Gasteiger partial charge in [-0.2, -0.15) is 0 Å². The van der Waals surface area contributed by atoms with Gasteiger partial charge in [-0.15, -0.1) is 0 Å². The molecule has 4 aromatic carbocycles. The van der Waals surface area contributed by atoms with Crippen molar-refractivity contribution >= 4 is 22.6 Å². The summed E-state index contributed by atoms with van der Waals surface area (Å²) in [6.45, 7) is 4.32. The van der Waals surface area contributed by atoms with Crippen LogP contribution in [0.4, 0.5) is 5.69 Å². The van der Waals surface area contributed by atoms with Crippen molar-refractivity contribution in [1.29, 1.82) is 0 Å². The van der Waals surface area contributed by atoms with Crippen LogP contribution in [0.2, 0.25) is 0 Å². The third-order valence-electron chi connectivity index (χ3n) is 6.73. The van der Waals surface area contributed by atoms with Crippen molar-refractivity contribution in [1.82, 2.24) is 0 Å². The van der Waals surface area contributed by atoms with E-state index in [4.69, 9.17) is 9.15 Å². The Bertz CT molecular complexity index is 1700. The van der Waals surface area contributed by atoms with Crippen LogP contribution in [-0.2, 0) is 6.61 Å². The number of ether oxygens (including phenoxy) is 1. The van der Waals surface area contributed by atoms with Gasteiger partial charge in [0.1, 0.15) is 17.9 Å². The van der Waals surface area contributed by atoms with Crippen LogP contribution in [0, 0.1) is 13.8 Å². The number of hydrogen-bond acceptors (Lipinski definition) is 4. The summed E-state index contributed by atoms with van der Waals surface area (Å²) in [5.74, 6) is 0.414. The van der Waals surface area contributed by atoms with Crippen molar-refractivity contribution < 1.29 is 13.9 Å². The molecule has 1 unspecified atom stereocenters. The van der Waals surface area contributed by atoms with Gasteiger partial charge < -0.3 is 9.15 Å². The van der Waals surface area contributed by atoms with Gasteiger partial charge in [-0.1, -0.05) is 66.2 Å². The summed E-state index contributed by atoms with van der Waals surface area (Å²) in [4.78, 5) is 29.3. The lowest BCUT2D eigenvalue weighted by Gasteiger charge is -2.26. The Kier molecular flexibility index (Phi) is 5.61. The lowest BCUT2D eigenvalue weighted by Crippen LogP contribution is -2.29. The largest absolute Gasteiger partial charge is 0.489 e.